The molecule has 5 aromatic rings. The Morgan fingerprint density at radius 1 is 0.941 bits per heavy atom. The summed E-state index contributed by atoms with van der Waals surface area (Å²) >= 11 is 0. The second kappa shape index (κ2) is 8.26. The number of nitrogens with one attached hydrogen (secondary N) is 2. The predicted octanol–water partition coefficient (Wildman–Crippen LogP) is 4.59. The summed E-state index contributed by atoms with van der Waals surface area (Å²) < 4.78 is 5.96. The van der Waals surface area contributed by atoms with E-state index in [9.17, 15) is 4.79 Å². The molecular formula is C25H22N6O3. The number of hydrogen-bond donors (Lipinski definition) is 3. The molecule has 1 aromatic carbocycles. The minimum Gasteiger partial charge on any atom is -0.481 e. The van der Waals surface area contributed by atoms with Crippen LogP contribution in [0.1, 0.15) is 25.7 Å². The van der Waals surface area contributed by atoms with Crippen LogP contribution in [0.3, 0.4) is 0 Å². The lowest BCUT2D eigenvalue weighted by Crippen LogP contribution is -2.28. The quantitative estimate of drug-likeness (QED) is 0.354. The molecule has 0 amide bonds. The molecule has 0 bridgehead atoms. The van der Waals surface area contributed by atoms with Gasteiger partial charge in [0.2, 0.25) is 5.88 Å². The molecule has 9 heteroatoms. The molecular weight excluding hydrogens is 432 g/mol. The number of ether oxygens (including phenoxy) is 1. The number of hydrogen-bond acceptors (Lipinski definition) is 6. The van der Waals surface area contributed by atoms with Crippen molar-refractivity contribution in [3.8, 4) is 28.5 Å². The summed E-state index contributed by atoms with van der Waals surface area (Å²) in [6, 6.07) is 11.7. The fourth-order valence-corrected chi connectivity index (χ4v) is 4.49. The van der Waals surface area contributed by atoms with E-state index in [1.807, 2.05) is 36.4 Å². The van der Waals surface area contributed by atoms with Crippen molar-refractivity contribution in [2.45, 2.75) is 31.8 Å². The molecule has 1 aliphatic rings. The van der Waals surface area contributed by atoms with Crippen LogP contribution in [0, 0.1) is 5.92 Å². The highest BCUT2D eigenvalue weighted by molar-refractivity contribution is 5.93. The van der Waals surface area contributed by atoms with Crippen LogP contribution < -0.4 is 4.74 Å². The van der Waals surface area contributed by atoms with Crippen LogP contribution in [-0.2, 0) is 4.79 Å². The van der Waals surface area contributed by atoms with Gasteiger partial charge in [-0.05, 0) is 56.0 Å². The third-order valence-corrected chi connectivity index (χ3v) is 6.42. The van der Waals surface area contributed by atoms with Crippen molar-refractivity contribution in [3.05, 3.63) is 55.0 Å². The highest BCUT2D eigenvalue weighted by Gasteiger charge is 2.27. The predicted molar refractivity (Wildman–Crippen MR) is 126 cm³/mol. The number of carbonyl (C=O) groups is 1. The summed E-state index contributed by atoms with van der Waals surface area (Å²) in [5, 5.41) is 17.2. The highest BCUT2D eigenvalue weighted by Crippen LogP contribution is 2.29. The van der Waals surface area contributed by atoms with Crippen molar-refractivity contribution in [3.63, 3.8) is 0 Å². The number of aromatic amines is 2. The van der Waals surface area contributed by atoms with Gasteiger partial charge in [-0.25, -0.2) is 9.97 Å². The topological polar surface area (TPSA) is 130 Å². The van der Waals surface area contributed by atoms with E-state index in [0.29, 0.717) is 18.7 Å². The number of benzene rings is 1. The molecule has 34 heavy (non-hydrogen) atoms. The average molecular weight is 454 g/mol. The van der Waals surface area contributed by atoms with Gasteiger partial charge in [-0.2, -0.15) is 5.10 Å². The molecule has 6 rings (SSSR count). The maximum atomic E-state index is 11.1. The molecule has 4 aromatic heterocycles. The lowest BCUT2D eigenvalue weighted by molar-refractivity contribution is -0.143. The van der Waals surface area contributed by atoms with Gasteiger partial charge in [0.25, 0.3) is 0 Å². The normalized spacial score (nSPS) is 18.4. The molecule has 0 unspecified atom stereocenters. The molecule has 1 fully saturated rings. The Kier molecular flexibility index (Phi) is 4.94. The zero-order valence-electron chi connectivity index (χ0n) is 18.2. The maximum Gasteiger partial charge on any atom is 0.306 e. The van der Waals surface area contributed by atoms with Gasteiger partial charge in [-0.1, -0.05) is 0 Å². The number of H-pyrrole nitrogens is 2. The van der Waals surface area contributed by atoms with E-state index in [1.54, 1.807) is 18.6 Å². The van der Waals surface area contributed by atoms with Gasteiger partial charge in [0, 0.05) is 35.0 Å². The molecule has 1 saturated carbocycles. The van der Waals surface area contributed by atoms with Gasteiger partial charge in [0.1, 0.15) is 11.9 Å². The number of pyridine rings is 2. The lowest BCUT2D eigenvalue weighted by Gasteiger charge is -2.26. The summed E-state index contributed by atoms with van der Waals surface area (Å²) in [6.07, 6.45) is 8.10. The fraction of sp³-hybridized carbons (Fsp3) is 0.240. The number of rotatable bonds is 5. The maximum absolute atomic E-state index is 11.1. The Morgan fingerprint density at radius 3 is 2.50 bits per heavy atom. The first-order chi connectivity index (χ1) is 16.6. The van der Waals surface area contributed by atoms with E-state index in [1.165, 1.54) is 0 Å². The van der Waals surface area contributed by atoms with Gasteiger partial charge in [-0.3, -0.25) is 14.9 Å². The van der Waals surface area contributed by atoms with Crippen LogP contribution in [0.15, 0.2) is 55.0 Å². The van der Waals surface area contributed by atoms with Crippen molar-refractivity contribution in [2.24, 2.45) is 5.92 Å². The lowest BCUT2D eigenvalue weighted by atomic mass is 9.87. The van der Waals surface area contributed by atoms with Crippen molar-refractivity contribution in [1.82, 2.24) is 30.1 Å². The molecule has 0 saturated heterocycles. The number of aliphatic carboxylic acids is 1. The van der Waals surface area contributed by atoms with Crippen molar-refractivity contribution in [2.75, 3.05) is 0 Å². The second-order valence-electron chi connectivity index (χ2n) is 8.66. The Balaban J connectivity index is 1.15. The van der Waals surface area contributed by atoms with E-state index >= 15 is 0 Å². The van der Waals surface area contributed by atoms with Gasteiger partial charge < -0.3 is 14.8 Å². The first kappa shape index (κ1) is 20.3. The minimum atomic E-state index is -0.713. The molecule has 0 aliphatic heterocycles. The van der Waals surface area contributed by atoms with Crippen LogP contribution in [-0.4, -0.2) is 47.3 Å². The third kappa shape index (κ3) is 3.85. The van der Waals surface area contributed by atoms with Crippen LogP contribution in [0.5, 0.6) is 5.88 Å². The summed E-state index contributed by atoms with van der Waals surface area (Å²) in [5.41, 5.74) is 5.37. The Hall–Kier alpha value is -4.27. The molecule has 9 nitrogen and oxygen atoms in total. The van der Waals surface area contributed by atoms with E-state index in [4.69, 9.17) is 14.8 Å². The van der Waals surface area contributed by atoms with E-state index in [-0.39, 0.29) is 12.0 Å². The first-order valence-electron chi connectivity index (χ1n) is 11.3. The number of aromatic nitrogens is 6. The molecule has 0 atom stereocenters. The number of carboxylic acids is 1. The van der Waals surface area contributed by atoms with Crippen LogP contribution >= 0.6 is 0 Å². The summed E-state index contributed by atoms with van der Waals surface area (Å²) in [5.74, 6) is 0.341. The Labute approximate surface area is 194 Å². The SMILES string of the molecule is O=C(O)C1CCC(Oc2ccc(-c3ccc(-c4nc5cc6cn[nH]c6cc5[nH]4)cn3)cn2)CC1. The minimum absolute atomic E-state index is 0.0133. The number of fused-ring (bicyclic) bond motifs is 2. The monoisotopic (exact) mass is 454 g/mol. The Morgan fingerprint density at radius 2 is 1.76 bits per heavy atom. The van der Waals surface area contributed by atoms with E-state index in [0.717, 1.165) is 57.4 Å². The van der Waals surface area contributed by atoms with Gasteiger partial charge in [0.05, 0.1) is 34.4 Å². The standard InChI is InChI=1S/C25H22N6O3/c32-25(33)14-1-5-18(6-2-14)34-23-8-4-15(11-27-23)19-7-3-16(12-26-19)24-29-21-9-17-13-28-31-20(17)10-22(21)30-24/h3-4,7-14,18H,1-2,5-6H2,(H,28,31)(H,29,30)(H,32,33). The van der Waals surface area contributed by atoms with Crippen LogP contribution in [0.25, 0.3) is 44.6 Å². The van der Waals surface area contributed by atoms with Gasteiger partial charge in [0.15, 0.2) is 0 Å². The molecule has 3 N–H and O–H groups in total. The number of imidazole rings is 1. The summed E-state index contributed by atoms with van der Waals surface area (Å²) in [7, 11) is 0. The van der Waals surface area contributed by atoms with E-state index in [2.05, 4.69) is 25.1 Å². The smallest absolute Gasteiger partial charge is 0.306 e. The molecule has 4 heterocycles. The van der Waals surface area contributed by atoms with Gasteiger partial charge in [-0.15, -0.1) is 0 Å². The van der Waals surface area contributed by atoms with Gasteiger partial charge >= 0.3 is 5.97 Å². The van der Waals surface area contributed by atoms with Crippen LogP contribution in [0.2, 0.25) is 0 Å². The number of carboxylic acid groups (broad SMARTS) is 1. The molecule has 170 valence electrons. The molecule has 0 radical (unpaired) electrons. The fourth-order valence-electron chi connectivity index (χ4n) is 4.49. The highest BCUT2D eigenvalue weighted by atomic mass is 16.5. The third-order valence-electron chi connectivity index (χ3n) is 6.42. The van der Waals surface area contributed by atoms with Crippen LogP contribution in [0.4, 0.5) is 0 Å². The summed E-state index contributed by atoms with van der Waals surface area (Å²) in [6.45, 7) is 0. The average Bonchev–Trinajstić information content (AvgIpc) is 3.49. The number of nitrogens with zero attached hydrogens (tertiary/aromatic N) is 4. The largest absolute Gasteiger partial charge is 0.481 e. The Bertz CT molecular complexity index is 1420. The van der Waals surface area contributed by atoms with Crippen molar-refractivity contribution in [1.29, 1.82) is 0 Å². The van der Waals surface area contributed by atoms with E-state index < -0.39 is 5.97 Å². The first-order valence-corrected chi connectivity index (χ1v) is 11.3. The van der Waals surface area contributed by atoms with Crippen molar-refractivity contribution < 1.29 is 14.6 Å². The zero-order valence-corrected chi connectivity index (χ0v) is 18.2. The summed E-state index contributed by atoms with van der Waals surface area (Å²) in [4.78, 5) is 28.2. The van der Waals surface area contributed by atoms with Crippen molar-refractivity contribution >= 4 is 27.9 Å². The second-order valence-corrected chi connectivity index (χ2v) is 8.66. The molecule has 0 spiro atoms. The zero-order chi connectivity index (χ0) is 23.1. The molecule has 1 aliphatic carbocycles.